The van der Waals surface area contributed by atoms with Gasteiger partial charge in [-0.2, -0.15) is 0 Å². The Balaban J connectivity index is 2.11. The molecule has 1 aliphatic rings. The van der Waals surface area contributed by atoms with Gasteiger partial charge in [-0.25, -0.2) is 4.39 Å². The van der Waals surface area contributed by atoms with E-state index in [1.807, 2.05) is 6.07 Å². The van der Waals surface area contributed by atoms with Gasteiger partial charge in [0, 0.05) is 30.9 Å². The first-order valence-electron chi connectivity index (χ1n) is 8.30. The van der Waals surface area contributed by atoms with Crippen LogP contribution in [0, 0.1) is 11.7 Å². The largest absolute Gasteiger partial charge is 0.371 e. The minimum atomic E-state index is -0.0913. The Morgan fingerprint density at radius 2 is 1.95 bits per heavy atom. The van der Waals surface area contributed by atoms with Gasteiger partial charge in [0.15, 0.2) is 0 Å². The van der Waals surface area contributed by atoms with E-state index in [1.165, 1.54) is 32.1 Å². The number of halogens is 1. The molecule has 0 aliphatic heterocycles. The van der Waals surface area contributed by atoms with E-state index in [2.05, 4.69) is 37.2 Å². The van der Waals surface area contributed by atoms with E-state index in [1.54, 1.807) is 6.07 Å². The first kappa shape index (κ1) is 16.3. The summed E-state index contributed by atoms with van der Waals surface area (Å²) in [5, 5.41) is 3.37. The Kier molecular flexibility index (Phi) is 6.04. The third-order valence-corrected chi connectivity index (χ3v) is 4.45. The lowest BCUT2D eigenvalue weighted by molar-refractivity contribution is 0.426. The van der Waals surface area contributed by atoms with Gasteiger partial charge in [0.2, 0.25) is 0 Å². The molecule has 1 aromatic rings. The van der Waals surface area contributed by atoms with E-state index in [0.29, 0.717) is 18.5 Å². The predicted molar refractivity (Wildman–Crippen MR) is 88.2 cm³/mol. The second-order valence-corrected chi connectivity index (χ2v) is 6.67. The number of nitrogens with one attached hydrogen (secondary N) is 1. The van der Waals surface area contributed by atoms with Crippen LogP contribution >= 0.6 is 0 Å². The molecule has 0 atom stereocenters. The Bertz CT molecular complexity index is 439. The van der Waals surface area contributed by atoms with E-state index in [-0.39, 0.29) is 5.82 Å². The monoisotopic (exact) mass is 292 g/mol. The molecule has 3 heteroatoms. The van der Waals surface area contributed by atoms with Gasteiger partial charge < -0.3 is 10.2 Å². The topological polar surface area (TPSA) is 15.3 Å². The molecular weight excluding hydrogens is 263 g/mol. The standard InChI is InChI=1S/C18H29FN2/c1-14(2)12-20-13-16-17(19)10-7-11-18(16)21(3)15-8-5-4-6-9-15/h7,10-11,14-15,20H,4-6,8-9,12-13H2,1-3H3. The molecular formula is C18H29FN2. The van der Waals surface area contributed by atoms with Crippen molar-refractivity contribution in [2.45, 2.75) is 58.5 Å². The molecule has 0 bridgehead atoms. The van der Waals surface area contributed by atoms with Gasteiger partial charge in [-0.3, -0.25) is 0 Å². The van der Waals surface area contributed by atoms with Crippen LogP contribution in [0.25, 0.3) is 0 Å². The average molecular weight is 292 g/mol. The molecule has 0 heterocycles. The van der Waals surface area contributed by atoms with Crippen LogP contribution in [0.1, 0.15) is 51.5 Å². The normalized spacial score (nSPS) is 16.4. The number of benzene rings is 1. The van der Waals surface area contributed by atoms with Gasteiger partial charge >= 0.3 is 0 Å². The molecule has 2 nitrogen and oxygen atoms in total. The second kappa shape index (κ2) is 7.79. The average Bonchev–Trinajstić information content (AvgIpc) is 2.48. The first-order chi connectivity index (χ1) is 10.1. The number of rotatable bonds is 6. The third-order valence-electron chi connectivity index (χ3n) is 4.45. The van der Waals surface area contributed by atoms with Crippen molar-refractivity contribution in [3.05, 3.63) is 29.6 Å². The smallest absolute Gasteiger partial charge is 0.129 e. The number of hydrogen-bond donors (Lipinski definition) is 1. The molecule has 21 heavy (non-hydrogen) atoms. The zero-order chi connectivity index (χ0) is 15.2. The van der Waals surface area contributed by atoms with Crippen LogP contribution in [0.15, 0.2) is 18.2 Å². The molecule has 0 radical (unpaired) electrons. The van der Waals surface area contributed by atoms with Crippen molar-refractivity contribution in [3.63, 3.8) is 0 Å². The molecule has 1 aliphatic carbocycles. The minimum Gasteiger partial charge on any atom is -0.371 e. The van der Waals surface area contributed by atoms with Gasteiger partial charge in [0.25, 0.3) is 0 Å². The van der Waals surface area contributed by atoms with Crippen LogP contribution in [-0.4, -0.2) is 19.6 Å². The van der Waals surface area contributed by atoms with Gasteiger partial charge in [-0.05, 0) is 37.4 Å². The quantitative estimate of drug-likeness (QED) is 0.839. The fraction of sp³-hybridized carbons (Fsp3) is 0.667. The van der Waals surface area contributed by atoms with Gasteiger partial charge in [0.05, 0.1) is 0 Å². The molecule has 0 amide bonds. The highest BCUT2D eigenvalue weighted by Gasteiger charge is 2.21. The summed E-state index contributed by atoms with van der Waals surface area (Å²) in [6.45, 7) is 5.87. The maximum atomic E-state index is 14.2. The molecule has 0 saturated heterocycles. The summed E-state index contributed by atoms with van der Waals surface area (Å²) >= 11 is 0. The van der Waals surface area contributed by atoms with Crippen LogP contribution in [0.2, 0.25) is 0 Å². The fourth-order valence-electron chi connectivity index (χ4n) is 3.20. The van der Waals surface area contributed by atoms with Crippen LogP contribution in [0.5, 0.6) is 0 Å². The number of hydrogen-bond acceptors (Lipinski definition) is 2. The molecule has 1 aromatic carbocycles. The van der Waals surface area contributed by atoms with Crippen LogP contribution in [0.4, 0.5) is 10.1 Å². The highest BCUT2D eigenvalue weighted by molar-refractivity contribution is 5.54. The van der Waals surface area contributed by atoms with Gasteiger partial charge in [-0.1, -0.05) is 39.2 Å². The van der Waals surface area contributed by atoms with Gasteiger partial charge in [-0.15, -0.1) is 0 Å². The van der Waals surface area contributed by atoms with E-state index >= 15 is 0 Å². The summed E-state index contributed by atoms with van der Waals surface area (Å²) in [5.74, 6) is 0.489. The SMILES string of the molecule is CC(C)CNCc1c(F)cccc1N(C)C1CCCCC1. The lowest BCUT2D eigenvalue weighted by atomic mass is 9.93. The number of nitrogens with zero attached hydrogens (tertiary/aromatic N) is 1. The zero-order valence-electron chi connectivity index (χ0n) is 13.7. The van der Waals surface area contributed by atoms with Crippen LogP contribution in [-0.2, 0) is 6.54 Å². The molecule has 1 saturated carbocycles. The summed E-state index contributed by atoms with van der Waals surface area (Å²) < 4.78 is 14.2. The first-order valence-corrected chi connectivity index (χ1v) is 8.30. The minimum absolute atomic E-state index is 0.0913. The summed E-state index contributed by atoms with van der Waals surface area (Å²) in [7, 11) is 2.12. The number of anilines is 1. The highest BCUT2D eigenvalue weighted by atomic mass is 19.1. The van der Waals surface area contributed by atoms with E-state index < -0.39 is 0 Å². The summed E-state index contributed by atoms with van der Waals surface area (Å²) in [6, 6.07) is 6.02. The summed E-state index contributed by atoms with van der Waals surface area (Å²) in [5.41, 5.74) is 1.87. The van der Waals surface area contributed by atoms with Crippen LogP contribution in [0.3, 0.4) is 0 Å². The maximum absolute atomic E-state index is 14.2. The Hall–Kier alpha value is -1.09. The molecule has 1 N–H and O–H groups in total. The summed E-state index contributed by atoms with van der Waals surface area (Å²) in [6.07, 6.45) is 6.39. The molecule has 0 aromatic heterocycles. The molecule has 0 spiro atoms. The predicted octanol–water partition coefficient (Wildman–Crippen LogP) is 4.34. The maximum Gasteiger partial charge on any atom is 0.129 e. The van der Waals surface area contributed by atoms with E-state index in [9.17, 15) is 4.39 Å². The summed E-state index contributed by atoms with van der Waals surface area (Å²) in [4.78, 5) is 2.30. The highest BCUT2D eigenvalue weighted by Crippen LogP contribution is 2.29. The van der Waals surface area contributed by atoms with Crippen molar-refractivity contribution < 1.29 is 4.39 Å². The van der Waals surface area contributed by atoms with Crippen molar-refractivity contribution in [1.82, 2.24) is 5.32 Å². The Morgan fingerprint density at radius 3 is 2.62 bits per heavy atom. The molecule has 118 valence electrons. The van der Waals surface area contributed by atoms with Crippen molar-refractivity contribution in [1.29, 1.82) is 0 Å². The Labute approximate surface area is 128 Å². The van der Waals surface area contributed by atoms with Crippen molar-refractivity contribution >= 4 is 5.69 Å². The zero-order valence-corrected chi connectivity index (χ0v) is 13.7. The van der Waals surface area contributed by atoms with Crippen molar-refractivity contribution in [2.75, 3.05) is 18.5 Å². The van der Waals surface area contributed by atoms with E-state index in [4.69, 9.17) is 0 Å². The van der Waals surface area contributed by atoms with Crippen LogP contribution < -0.4 is 10.2 Å². The van der Waals surface area contributed by atoms with E-state index in [0.717, 1.165) is 17.8 Å². The molecule has 1 fully saturated rings. The lowest BCUT2D eigenvalue weighted by Gasteiger charge is -2.34. The third kappa shape index (κ3) is 4.44. The van der Waals surface area contributed by atoms with Gasteiger partial charge in [0.1, 0.15) is 5.82 Å². The Morgan fingerprint density at radius 1 is 1.24 bits per heavy atom. The van der Waals surface area contributed by atoms with Crippen molar-refractivity contribution in [2.24, 2.45) is 5.92 Å². The molecule has 0 unspecified atom stereocenters. The van der Waals surface area contributed by atoms with Crippen molar-refractivity contribution in [3.8, 4) is 0 Å². The molecule has 2 rings (SSSR count). The fourth-order valence-corrected chi connectivity index (χ4v) is 3.20. The lowest BCUT2D eigenvalue weighted by Crippen LogP contribution is -2.34. The second-order valence-electron chi connectivity index (χ2n) is 6.67.